The molecule has 0 aliphatic rings. The molecule has 0 unspecified atom stereocenters. The zero-order valence-electron chi connectivity index (χ0n) is 25.8. The summed E-state index contributed by atoms with van der Waals surface area (Å²) < 4.78 is 45.2. The molecule has 0 heterocycles. The van der Waals surface area contributed by atoms with Gasteiger partial charge in [-0.3, -0.25) is 13.9 Å². The lowest BCUT2D eigenvalue weighted by Crippen LogP contribution is -2.52. The number of aryl methyl sites for hydroxylation is 1. The molecule has 43 heavy (non-hydrogen) atoms. The molecule has 0 aliphatic carbocycles. The van der Waals surface area contributed by atoms with E-state index in [4.69, 9.17) is 14.2 Å². The average molecular weight is 612 g/mol. The summed E-state index contributed by atoms with van der Waals surface area (Å²) in [6, 6.07) is 17.3. The average Bonchev–Trinajstić information content (AvgIpc) is 3.02. The standard InChI is InChI=1S/C32H41N3O7S/c1-8-23(3)33-32(37)24(4)34(20-25-11-15-27(40-5)16-12-25)31(36)21-35(26-13-9-22(2)10-14-26)43(38,39)28-17-18-29(41-6)30(19-28)42-7/h9-19,23-24H,8,20-21H2,1-7H3,(H,33,37)/t23-,24-/m1/s1. The number of ether oxygens (including phenoxy) is 3. The zero-order valence-corrected chi connectivity index (χ0v) is 26.6. The highest BCUT2D eigenvalue weighted by Crippen LogP contribution is 2.32. The number of carbonyl (C=O) groups is 2. The molecule has 0 saturated heterocycles. The molecule has 0 fully saturated rings. The Balaban J connectivity index is 2.06. The molecule has 3 aromatic carbocycles. The Morgan fingerprint density at radius 3 is 2.05 bits per heavy atom. The number of methoxy groups -OCH3 is 3. The third-order valence-corrected chi connectivity index (χ3v) is 8.99. The largest absolute Gasteiger partial charge is 0.497 e. The molecular formula is C32H41N3O7S. The fourth-order valence-corrected chi connectivity index (χ4v) is 5.75. The van der Waals surface area contributed by atoms with Gasteiger partial charge in [-0.25, -0.2) is 8.42 Å². The fraction of sp³-hybridized carbons (Fsp3) is 0.375. The van der Waals surface area contributed by atoms with E-state index in [1.165, 1.54) is 37.3 Å². The van der Waals surface area contributed by atoms with Crippen LogP contribution in [-0.2, 0) is 26.2 Å². The number of nitrogens with zero attached hydrogens (tertiary/aromatic N) is 2. The summed E-state index contributed by atoms with van der Waals surface area (Å²) in [5.74, 6) is 0.366. The van der Waals surface area contributed by atoms with E-state index in [9.17, 15) is 18.0 Å². The summed E-state index contributed by atoms with van der Waals surface area (Å²) in [4.78, 5) is 28.6. The smallest absolute Gasteiger partial charge is 0.264 e. The normalized spacial score (nSPS) is 12.5. The number of sulfonamides is 1. The van der Waals surface area contributed by atoms with Crippen LogP contribution in [0.25, 0.3) is 0 Å². The van der Waals surface area contributed by atoms with E-state index in [1.54, 1.807) is 62.6 Å². The minimum Gasteiger partial charge on any atom is -0.497 e. The van der Waals surface area contributed by atoms with Gasteiger partial charge in [0.2, 0.25) is 11.8 Å². The van der Waals surface area contributed by atoms with Gasteiger partial charge >= 0.3 is 0 Å². The molecule has 1 N–H and O–H groups in total. The minimum absolute atomic E-state index is 0.0794. The molecular weight excluding hydrogens is 570 g/mol. The van der Waals surface area contributed by atoms with Crippen molar-refractivity contribution in [2.75, 3.05) is 32.2 Å². The van der Waals surface area contributed by atoms with Gasteiger partial charge < -0.3 is 24.4 Å². The highest BCUT2D eigenvalue weighted by atomic mass is 32.2. The molecule has 232 valence electrons. The molecule has 3 rings (SSSR count). The highest BCUT2D eigenvalue weighted by Gasteiger charge is 2.33. The van der Waals surface area contributed by atoms with E-state index in [-0.39, 0.29) is 29.1 Å². The molecule has 2 amide bonds. The van der Waals surface area contributed by atoms with Crippen molar-refractivity contribution in [1.82, 2.24) is 10.2 Å². The molecule has 0 aromatic heterocycles. The van der Waals surface area contributed by atoms with Crippen molar-refractivity contribution in [2.24, 2.45) is 0 Å². The summed E-state index contributed by atoms with van der Waals surface area (Å²) in [6.07, 6.45) is 0.718. The van der Waals surface area contributed by atoms with Crippen molar-refractivity contribution in [1.29, 1.82) is 0 Å². The Hall–Kier alpha value is -4.25. The molecule has 3 aromatic rings. The molecule has 0 spiro atoms. The molecule has 2 atom stereocenters. The first-order valence-electron chi connectivity index (χ1n) is 14.0. The van der Waals surface area contributed by atoms with Crippen molar-refractivity contribution in [3.63, 3.8) is 0 Å². The third-order valence-electron chi connectivity index (χ3n) is 7.22. The van der Waals surface area contributed by atoms with Crippen LogP contribution in [0.3, 0.4) is 0 Å². The van der Waals surface area contributed by atoms with Gasteiger partial charge in [0.05, 0.1) is 31.9 Å². The van der Waals surface area contributed by atoms with Crippen molar-refractivity contribution < 1.29 is 32.2 Å². The first kappa shape index (κ1) is 33.3. The van der Waals surface area contributed by atoms with E-state index in [0.717, 1.165) is 21.9 Å². The number of nitrogens with one attached hydrogen (secondary N) is 1. The van der Waals surface area contributed by atoms with Gasteiger partial charge in [-0.1, -0.05) is 36.8 Å². The molecule has 0 saturated carbocycles. The number of hydrogen-bond donors (Lipinski definition) is 1. The van der Waals surface area contributed by atoms with Gasteiger partial charge in [-0.15, -0.1) is 0 Å². The number of anilines is 1. The van der Waals surface area contributed by atoms with Crippen LogP contribution >= 0.6 is 0 Å². The van der Waals surface area contributed by atoms with Gasteiger partial charge in [0, 0.05) is 18.7 Å². The van der Waals surface area contributed by atoms with Crippen LogP contribution in [0.5, 0.6) is 17.2 Å². The van der Waals surface area contributed by atoms with Crippen molar-refractivity contribution in [3.8, 4) is 17.2 Å². The SMILES string of the molecule is CC[C@@H](C)NC(=O)[C@@H](C)N(Cc1ccc(OC)cc1)C(=O)CN(c1ccc(C)cc1)S(=O)(=O)c1ccc(OC)c(OC)c1. The second-order valence-corrected chi connectivity index (χ2v) is 12.1. The van der Waals surface area contributed by atoms with Gasteiger partial charge in [-0.05, 0) is 69.2 Å². The summed E-state index contributed by atoms with van der Waals surface area (Å²) in [6.45, 7) is 6.89. The summed E-state index contributed by atoms with van der Waals surface area (Å²) >= 11 is 0. The maximum atomic E-state index is 14.1. The third kappa shape index (κ3) is 8.19. The zero-order chi connectivity index (χ0) is 31.7. The Labute approximate surface area is 254 Å². The predicted octanol–water partition coefficient (Wildman–Crippen LogP) is 4.55. The lowest BCUT2D eigenvalue weighted by atomic mass is 10.1. The van der Waals surface area contributed by atoms with E-state index >= 15 is 0 Å². The number of rotatable bonds is 14. The predicted molar refractivity (Wildman–Crippen MR) is 166 cm³/mol. The molecule has 10 nitrogen and oxygen atoms in total. The maximum Gasteiger partial charge on any atom is 0.264 e. The molecule has 0 radical (unpaired) electrons. The van der Waals surface area contributed by atoms with E-state index in [2.05, 4.69) is 5.32 Å². The Kier molecular flexibility index (Phi) is 11.4. The summed E-state index contributed by atoms with van der Waals surface area (Å²) in [5, 5.41) is 2.93. The number of amides is 2. The van der Waals surface area contributed by atoms with Crippen LogP contribution in [0.15, 0.2) is 71.6 Å². The number of hydrogen-bond acceptors (Lipinski definition) is 7. The number of benzene rings is 3. The lowest BCUT2D eigenvalue weighted by molar-refractivity contribution is -0.139. The topological polar surface area (TPSA) is 114 Å². The van der Waals surface area contributed by atoms with Gasteiger partial charge in [0.15, 0.2) is 11.5 Å². The van der Waals surface area contributed by atoms with Crippen LogP contribution in [0.4, 0.5) is 5.69 Å². The summed E-state index contributed by atoms with van der Waals surface area (Å²) in [5.41, 5.74) is 1.98. The van der Waals surface area contributed by atoms with Crippen molar-refractivity contribution >= 4 is 27.5 Å². The van der Waals surface area contributed by atoms with Crippen LogP contribution in [0, 0.1) is 6.92 Å². The van der Waals surface area contributed by atoms with E-state index in [1.807, 2.05) is 20.8 Å². The van der Waals surface area contributed by atoms with Crippen LogP contribution in [0.1, 0.15) is 38.3 Å². The van der Waals surface area contributed by atoms with Crippen LogP contribution < -0.4 is 23.8 Å². The van der Waals surface area contributed by atoms with E-state index < -0.39 is 28.5 Å². The summed E-state index contributed by atoms with van der Waals surface area (Å²) in [7, 11) is 0.162. The quantitative estimate of drug-likeness (QED) is 0.285. The van der Waals surface area contributed by atoms with Crippen molar-refractivity contribution in [2.45, 2.75) is 57.6 Å². The first-order chi connectivity index (χ1) is 20.4. The highest BCUT2D eigenvalue weighted by molar-refractivity contribution is 7.92. The van der Waals surface area contributed by atoms with Crippen molar-refractivity contribution in [3.05, 3.63) is 77.9 Å². The van der Waals surface area contributed by atoms with Gasteiger partial charge in [0.25, 0.3) is 10.0 Å². The van der Waals surface area contributed by atoms with Crippen LogP contribution in [-0.4, -0.2) is 65.1 Å². The first-order valence-corrected chi connectivity index (χ1v) is 15.4. The van der Waals surface area contributed by atoms with E-state index in [0.29, 0.717) is 17.2 Å². The minimum atomic E-state index is -4.27. The monoisotopic (exact) mass is 611 g/mol. The fourth-order valence-electron chi connectivity index (χ4n) is 4.32. The second kappa shape index (κ2) is 14.8. The lowest BCUT2D eigenvalue weighted by Gasteiger charge is -2.32. The number of carbonyl (C=O) groups excluding carboxylic acids is 2. The Morgan fingerprint density at radius 2 is 1.49 bits per heavy atom. The molecule has 0 aliphatic heterocycles. The maximum absolute atomic E-state index is 14.1. The van der Waals surface area contributed by atoms with Gasteiger partial charge in [0.1, 0.15) is 18.3 Å². The second-order valence-electron chi connectivity index (χ2n) is 10.2. The Morgan fingerprint density at radius 1 is 0.860 bits per heavy atom. The Bertz CT molecular complexity index is 1490. The molecule has 0 bridgehead atoms. The van der Waals surface area contributed by atoms with Crippen LogP contribution in [0.2, 0.25) is 0 Å². The molecule has 11 heteroatoms. The van der Waals surface area contributed by atoms with Gasteiger partial charge in [-0.2, -0.15) is 0 Å².